The van der Waals surface area contributed by atoms with Crippen molar-refractivity contribution in [1.29, 1.82) is 0 Å². The fourth-order valence-corrected chi connectivity index (χ4v) is 3.35. The third-order valence-electron chi connectivity index (χ3n) is 4.81. The Kier molecular flexibility index (Phi) is 5.53. The lowest BCUT2D eigenvalue weighted by molar-refractivity contribution is -0.141. The second-order valence-corrected chi connectivity index (χ2v) is 6.79. The van der Waals surface area contributed by atoms with Gasteiger partial charge in [-0.3, -0.25) is 0 Å². The van der Waals surface area contributed by atoms with E-state index >= 15 is 0 Å². The molecule has 2 aromatic heterocycles. The number of carbonyl (C=O) groups excluding carboxylic acids is 1. The first kappa shape index (κ1) is 19.7. The van der Waals surface area contributed by atoms with Crippen molar-refractivity contribution >= 4 is 17.4 Å². The molecule has 0 aliphatic heterocycles. The van der Waals surface area contributed by atoms with Gasteiger partial charge in [0.05, 0.1) is 19.9 Å². The fourth-order valence-electron chi connectivity index (χ4n) is 3.35. The Morgan fingerprint density at radius 2 is 1.96 bits per heavy atom. The van der Waals surface area contributed by atoms with Crippen LogP contribution in [0.25, 0.3) is 16.8 Å². The zero-order valence-corrected chi connectivity index (χ0v) is 17.2. The minimum absolute atomic E-state index is 0.305. The second-order valence-electron chi connectivity index (χ2n) is 6.79. The van der Waals surface area contributed by atoms with E-state index in [2.05, 4.69) is 5.32 Å². The summed E-state index contributed by atoms with van der Waals surface area (Å²) in [6.45, 7) is 7.86. The predicted molar refractivity (Wildman–Crippen MR) is 109 cm³/mol. The summed E-state index contributed by atoms with van der Waals surface area (Å²) in [4.78, 5) is 16.8. The summed E-state index contributed by atoms with van der Waals surface area (Å²) in [6, 6.07) is 7.39. The van der Waals surface area contributed by atoms with Gasteiger partial charge in [0.2, 0.25) is 0 Å². The van der Waals surface area contributed by atoms with Crippen LogP contribution in [0, 0.1) is 20.8 Å². The van der Waals surface area contributed by atoms with Gasteiger partial charge in [0.15, 0.2) is 5.65 Å². The number of esters is 1. The topological polar surface area (TPSA) is 77.8 Å². The van der Waals surface area contributed by atoms with Crippen LogP contribution < -0.4 is 10.1 Å². The summed E-state index contributed by atoms with van der Waals surface area (Å²) in [6.07, 6.45) is 0.597. The van der Waals surface area contributed by atoms with E-state index < -0.39 is 6.04 Å². The highest BCUT2D eigenvalue weighted by Gasteiger charge is 2.21. The molecule has 0 saturated carbocycles. The smallest absolute Gasteiger partial charge is 0.328 e. The van der Waals surface area contributed by atoms with Gasteiger partial charge in [-0.2, -0.15) is 9.61 Å². The van der Waals surface area contributed by atoms with E-state index in [1.54, 1.807) is 11.6 Å². The quantitative estimate of drug-likeness (QED) is 0.655. The van der Waals surface area contributed by atoms with E-state index in [-0.39, 0.29) is 5.97 Å². The fraction of sp³-hybridized carbons (Fsp3) is 0.381. The number of nitrogens with one attached hydrogen (secondary N) is 1. The predicted octanol–water partition coefficient (Wildman–Crippen LogP) is 3.69. The second kappa shape index (κ2) is 7.88. The molecule has 0 radical (unpaired) electrons. The summed E-state index contributed by atoms with van der Waals surface area (Å²) in [5.41, 5.74) is 5.54. The SMILES string of the molecule is CCC(Nc1cc(C)nc2c(-c3ccc(OC)cc3C)c(C)nn12)C(=O)OC. The highest BCUT2D eigenvalue weighted by Crippen LogP contribution is 2.33. The van der Waals surface area contributed by atoms with Crippen LogP contribution in [0.3, 0.4) is 0 Å². The molecule has 0 fully saturated rings. The number of rotatable bonds is 6. The maximum absolute atomic E-state index is 12.0. The molecule has 0 aliphatic rings. The lowest BCUT2D eigenvalue weighted by Crippen LogP contribution is -2.30. The molecular formula is C21H26N4O3. The molecule has 0 spiro atoms. The van der Waals surface area contributed by atoms with E-state index in [0.29, 0.717) is 12.2 Å². The number of methoxy groups -OCH3 is 2. The Morgan fingerprint density at radius 3 is 2.57 bits per heavy atom. The molecule has 1 N–H and O–H groups in total. The molecule has 0 saturated heterocycles. The first-order chi connectivity index (χ1) is 13.4. The van der Waals surface area contributed by atoms with Gasteiger partial charge in [0, 0.05) is 17.3 Å². The molecule has 1 atom stereocenters. The molecule has 0 amide bonds. The third-order valence-corrected chi connectivity index (χ3v) is 4.81. The van der Waals surface area contributed by atoms with Crippen LogP contribution in [0.2, 0.25) is 0 Å². The average molecular weight is 382 g/mol. The number of carbonyl (C=O) groups is 1. The standard InChI is InChI=1S/C21H26N4O3/c1-7-17(21(26)28-6)23-18-11-13(3)22-20-19(14(4)24-25(18)20)16-9-8-15(27-5)10-12(16)2/h8-11,17,23H,7H2,1-6H3. The molecule has 2 heterocycles. The number of ether oxygens (including phenoxy) is 2. The van der Waals surface area contributed by atoms with Crippen LogP contribution in [0.4, 0.5) is 5.82 Å². The molecule has 1 unspecified atom stereocenters. The van der Waals surface area contributed by atoms with Crippen LogP contribution in [-0.2, 0) is 9.53 Å². The number of benzene rings is 1. The first-order valence-electron chi connectivity index (χ1n) is 9.25. The molecule has 7 heteroatoms. The van der Waals surface area contributed by atoms with Crippen molar-refractivity contribution in [2.75, 3.05) is 19.5 Å². The zero-order valence-electron chi connectivity index (χ0n) is 17.2. The minimum Gasteiger partial charge on any atom is -0.497 e. The number of anilines is 1. The maximum atomic E-state index is 12.0. The molecule has 1 aromatic carbocycles. The number of hydrogen-bond donors (Lipinski definition) is 1. The van der Waals surface area contributed by atoms with Crippen LogP contribution in [-0.4, -0.2) is 40.8 Å². The Bertz CT molecular complexity index is 1030. The van der Waals surface area contributed by atoms with Crippen molar-refractivity contribution in [1.82, 2.24) is 14.6 Å². The van der Waals surface area contributed by atoms with Crippen molar-refractivity contribution in [2.24, 2.45) is 0 Å². The number of hydrogen-bond acceptors (Lipinski definition) is 6. The Morgan fingerprint density at radius 1 is 1.21 bits per heavy atom. The summed E-state index contributed by atoms with van der Waals surface area (Å²) >= 11 is 0. The van der Waals surface area contributed by atoms with Gasteiger partial charge in [0.25, 0.3) is 0 Å². The van der Waals surface area contributed by atoms with Gasteiger partial charge in [0.1, 0.15) is 17.6 Å². The van der Waals surface area contributed by atoms with E-state index in [9.17, 15) is 4.79 Å². The van der Waals surface area contributed by atoms with Gasteiger partial charge in [-0.25, -0.2) is 9.78 Å². The summed E-state index contributed by atoms with van der Waals surface area (Å²) in [7, 11) is 3.05. The molecule has 3 aromatic rings. The lowest BCUT2D eigenvalue weighted by Gasteiger charge is -2.17. The molecule has 7 nitrogen and oxygen atoms in total. The van der Waals surface area contributed by atoms with Crippen molar-refractivity contribution in [3.05, 3.63) is 41.2 Å². The summed E-state index contributed by atoms with van der Waals surface area (Å²) < 4.78 is 12.0. The molecule has 3 rings (SSSR count). The van der Waals surface area contributed by atoms with Gasteiger partial charge >= 0.3 is 5.97 Å². The minimum atomic E-state index is -0.453. The summed E-state index contributed by atoms with van der Waals surface area (Å²) in [5, 5.41) is 7.95. The van der Waals surface area contributed by atoms with E-state index in [1.165, 1.54) is 7.11 Å². The zero-order chi connectivity index (χ0) is 20.4. The van der Waals surface area contributed by atoms with Crippen LogP contribution in [0.1, 0.15) is 30.3 Å². The largest absolute Gasteiger partial charge is 0.497 e. The van der Waals surface area contributed by atoms with Crippen LogP contribution in [0.15, 0.2) is 24.3 Å². The highest BCUT2D eigenvalue weighted by atomic mass is 16.5. The van der Waals surface area contributed by atoms with Crippen molar-refractivity contribution < 1.29 is 14.3 Å². The summed E-state index contributed by atoms with van der Waals surface area (Å²) in [5.74, 6) is 1.21. The van der Waals surface area contributed by atoms with Gasteiger partial charge in [-0.1, -0.05) is 13.0 Å². The molecule has 148 valence electrons. The lowest BCUT2D eigenvalue weighted by atomic mass is 10.0. The number of fused-ring (bicyclic) bond motifs is 1. The molecule has 0 aliphatic carbocycles. The van der Waals surface area contributed by atoms with Gasteiger partial charge < -0.3 is 14.8 Å². The third kappa shape index (κ3) is 3.52. The van der Waals surface area contributed by atoms with E-state index in [1.807, 2.05) is 52.0 Å². The monoisotopic (exact) mass is 382 g/mol. The van der Waals surface area contributed by atoms with E-state index in [4.69, 9.17) is 19.6 Å². The highest BCUT2D eigenvalue weighted by molar-refractivity contribution is 5.84. The molecule has 0 bridgehead atoms. The Labute approximate surface area is 164 Å². The van der Waals surface area contributed by atoms with Crippen molar-refractivity contribution in [3.8, 4) is 16.9 Å². The van der Waals surface area contributed by atoms with Crippen molar-refractivity contribution in [3.63, 3.8) is 0 Å². The number of aryl methyl sites for hydroxylation is 3. The number of aromatic nitrogens is 3. The van der Waals surface area contributed by atoms with Gasteiger partial charge in [-0.05, 0) is 50.5 Å². The Hall–Kier alpha value is -3.09. The van der Waals surface area contributed by atoms with E-state index in [0.717, 1.165) is 39.5 Å². The maximum Gasteiger partial charge on any atom is 0.328 e. The van der Waals surface area contributed by atoms with Gasteiger partial charge in [-0.15, -0.1) is 0 Å². The first-order valence-corrected chi connectivity index (χ1v) is 9.25. The van der Waals surface area contributed by atoms with Crippen LogP contribution in [0.5, 0.6) is 5.75 Å². The number of nitrogens with zero attached hydrogens (tertiary/aromatic N) is 3. The molecule has 28 heavy (non-hydrogen) atoms. The van der Waals surface area contributed by atoms with Crippen molar-refractivity contribution in [2.45, 2.75) is 40.2 Å². The average Bonchev–Trinajstić information content (AvgIpc) is 3.01. The normalized spacial score (nSPS) is 12.1. The Balaban J connectivity index is 2.16. The van der Waals surface area contributed by atoms with Crippen LogP contribution >= 0.6 is 0 Å². The molecular weight excluding hydrogens is 356 g/mol.